The van der Waals surface area contributed by atoms with Gasteiger partial charge in [0.05, 0.1) is 0 Å². The molecule has 4 aromatic rings. The molecule has 0 unspecified atom stereocenters. The standard InChI is InChI=1S/C33H33N/c1-33(2)30-16-10-9-15-27(30)28-19-18-26(22-31(28)33)34-32-20-17-25(23-11-5-3-6-12-23)21-29(32)24-13-7-4-8-14-24/h4,7-10,13-23,34H,3,5-6,11-12H2,1-2H3. The monoisotopic (exact) mass is 443 g/mol. The lowest BCUT2D eigenvalue weighted by Gasteiger charge is -2.24. The quantitative estimate of drug-likeness (QED) is 0.331. The SMILES string of the molecule is CC1(C)c2ccccc2-c2ccc(Nc3ccc(C4CCCCC4)cc3-c3ccccc3)cc21. The van der Waals surface area contributed by atoms with Gasteiger partial charge in [0.2, 0.25) is 0 Å². The van der Waals surface area contributed by atoms with E-state index in [1.165, 1.54) is 76.7 Å². The molecule has 0 aliphatic heterocycles. The summed E-state index contributed by atoms with van der Waals surface area (Å²) in [6.07, 6.45) is 6.75. The second-order valence-corrected chi connectivity index (χ2v) is 10.6. The lowest BCUT2D eigenvalue weighted by Crippen LogP contribution is -2.15. The van der Waals surface area contributed by atoms with Crippen LogP contribution in [0.15, 0.2) is 91.0 Å². The molecular weight excluding hydrogens is 410 g/mol. The molecule has 1 fully saturated rings. The van der Waals surface area contributed by atoms with Crippen molar-refractivity contribution in [2.24, 2.45) is 0 Å². The first-order valence-electron chi connectivity index (χ1n) is 12.8. The summed E-state index contributed by atoms with van der Waals surface area (Å²) in [5.74, 6) is 0.699. The summed E-state index contributed by atoms with van der Waals surface area (Å²) >= 11 is 0. The highest BCUT2D eigenvalue weighted by Crippen LogP contribution is 2.49. The van der Waals surface area contributed by atoms with Crippen molar-refractivity contribution in [3.8, 4) is 22.3 Å². The average molecular weight is 444 g/mol. The first-order valence-corrected chi connectivity index (χ1v) is 12.8. The molecule has 1 saturated carbocycles. The molecule has 2 aliphatic carbocycles. The molecule has 1 N–H and O–H groups in total. The summed E-state index contributed by atoms with van der Waals surface area (Å²) in [5, 5.41) is 3.80. The maximum absolute atomic E-state index is 3.80. The van der Waals surface area contributed by atoms with E-state index in [4.69, 9.17) is 0 Å². The first-order chi connectivity index (χ1) is 16.6. The minimum atomic E-state index is 0.0106. The Morgan fingerprint density at radius 2 is 1.38 bits per heavy atom. The summed E-state index contributed by atoms with van der Waals surface area (Å²) in [6, 6.07) is 33.7. The summed E-state index contributed by atoms with van der Waals surface area (Å²) in [5.41, 5.74) is 12.0. The van der Waals surface area contributed by atoms with Gasteiger partial charge in [0, 0.05) is 22.4 Å². The average Bonchev–Trinajstić information content (AvgIpc) is 3.12. The fraction of sp³-hybridized carbons (Fsp3) is 0.273. The number of fused-ring (bicyclic) bond motifs is 3. The second kappa shape index (κ2) is 8.47. The van der Waals surface area contributed by atoms with Gasteiger partial charge < -0.3 is 5.32 Å². The number of hydrogen-bond donors (Lipinski definition) is 1. The van der Waals surface area contributed by atoms with Crippen molar-refractivity contribution < 1.29 is 0 Å². The van der Waals surface area contributed by atoms with Gasteiger partial charge in [-0.2, -0.15) is 0 Å². The molecule has 1 nitrogen and oxygen atoms in total. The van der Waals surface area contributed by atoms with Crippen LogP contribution in [-0.4, -0.2) is 0 Å². The van der Waals surface area contributed by atoms with Crippen LogP contribution in [0.25, 0.3) is 22.3 Å². The fourth-order valence-corrected chi connectivity index (χ4v) is 6.15. The van der Waals surface area contributed by atoms with E-state index in [1.54, 1.807) is 0 Å². The normalized spacial score (nSPS) is 16.6. The first kappa shape index (κ1) is 21.2. The predicted octanol–water partition coefficient (Wildman–Crippen LogP) is 9.45. The summed E-state index contributed by atoms with van der Waals surface area (Å²) in [4.78, 5) is 0. The van der Waals surface area contributed by atoms with E-state index >= 15 is 0 Å². The van der Waals surface area contributed by atoms with Crippen LogP contribution in [0, 0.1) is 0 Å². The van der Waals surface area contributed by atoms with E-state index in [0.717, 1.165) is 5.69 Å². The van der Waals surface area contributed by atoms with Gasteiger partial charge in [-0.1, -0.05) is 99.8 Å². The van der Waals surface area contributed by atoms with E-state index in [0.29, 0.717) is 5.92 Å². The van der Waals surface area contributed by atoms with Gasteiger partial charge in [0.15, 0.2) is 0 Å². The zero-order chi connectivity index (χ0) is 23.1. The van der Waals surface area contributed by atoms with Crippen molar-refractivity contribution >= 4 is 11.4 Å². The summed E-state index contributed by atoms with van der Waals surface area (Å²) < 4.78 is 0. The largest absolute Gasteiger partial charge is 0.355 e. The highest BCUT2D eigenvalue weighted by molar-refractivity contribution is 5.85. The maximum atomic E-state index is 3.80. The van der Waals surface area contributed by atoms with Crippen molar-refractivity contribution in [1.82, 2.24) is 0 Å². The zero-order valence-corrected chi connectivity index (χ0v) is 20.3. The molecule has 170 valence electrons. The van der Waals surface area contributed by atoms with Crippen molar-refractivity contribution in [2.45, 2.75) is 57.3 Å². The Kier molecular flexibility index (Phi) is 5.29. The van der Waals surface area contributed by atoms with Crippen LogP contribution in [0.1, 0.15) is 68.6 Å². The zero-order valence-electron chi connectivity index (χ0n) is 20.3. The van der Waals surface area contributed by atoms with E-state index < -0.39 is 0 Å². The van der Waals surface area contributed by atoms with Gasteiger partial charge in [-0.25, -0.2) is 0 Å². The molecule has 0 bridgehead atoms. The third kappa shape index (κ3) is 3.64. The number of nitrogens with one attached hydrogen (secondary N) is 1. The minimum absolute atomic E-state index is 0.0106. The van der Waals surface area contributed by atoms with Gasteiger partial charge in [-0.3, -0.25) is 0 Å². The highest BCUT2D eigenvalue weighted by atomic mass is 14.9. The topological polar surface area (TPSA) is 12.0 Å². The van der Waals surface area contributed by atoms with Crippen LogP contribution in [-0.2, 0) is 5.41 Å². The summed E-state index contributed by atoms with van der Waals surface area (Å²) in [7, 11) is 0. The van der Waals surface area contributed by atoms with E-state index in [1.807, 2.05) is 0 Å². The molecule has 6 rings (SSSR count). The van der Waals surface area contributed by atoms with Gasteiger partial charge in [0.1, 0.15) is 0 Å². The van der Waals surface area contributed by atoms with Gasteiger partial charge in [0.25, 0.3) is 0 Å². The van der Waals surface area contributed by atoms with Crippen molar-refractivity contribution in [1.29, 1.82) is 0 Å². The van der Waals surface area contributed by atoms with Crippen LogP contribution in [0.2, 0.25) is 0 Å². The van der Waals surface area contributed by atoms with Gasteiger partial charge in [-0.15, -0.1) is 0 Å². The lowest BCUT2D eigenvalue weighted by atomic mass is 9.82. The van der Waals surface area contributed by atoms with Crippen molar-refractivity contribution in [3.05, 3.63) is 108 Å². The molecule has 1 heteroatoms. The molecule has 0 saturated heterocycles. The van der Waals surface area contributed by atoms with Crippen LogP contribution in [0.3, 0.4) is 0 Å². The lowest BCUT2D eigenvalue weighted by molar-refractivity contribution is 0.444. The molecule has 4 aromatic carbocycles. The maximum Gasteiger partial charge on any atom is 0.0464 e. The third-order valence-corrected chi connectivity index (χ3v) is 8.07. The Morgan fingerprint density at radius 1 is 0.647 bits per heavy atom. The molecule has 0 amide bonds. The third-order valence-electron chi connectivity index (χ3n) is 8.07. The number of anilines is 2. The highest BCUT2D eigenvalue weighted by Gasteiger charge is 2.35. The molecule has 2 aliphatic rings. The summed E-state index contributed by atoms with van der Waals surface area (Å²) in [6.45, 7) is 4.69. The minimum Gasteiger partial charge on any atom is -0.355 e. The number of hydrogen-bond acceptors (Lipinski definition) is 1. The molecular formula is C33H33N. The predicted molar refractivity (Wildman–Crippen MR) is 145 cm³/mol. The van der Waals surface area contributed by atoms with Crippen LogP contribution < -0.4 is 5.32 Å². The smallest absolute Gasteiger partial charge is 0.0464 e. The van der Waals surface area contributed by atoms with Crippen molar-refractivity contribution in [3.63, 3.8) is 0 Å². The second-order valence-electron chi connectivity index (χ2n) is 10.6. The Balaban J connectivity index is 1.39. The Hall–Kier alpha value is -3.32. The Bertz CT molecular complexity index is 1330. The Morgan fingerprint density at radius 3 is 2.21 bits per heavy atom. The molecule has 0 radical (unpaired) electrons. The fourth-order valence-electron chi connectivity index (χ4n) is 6.15. The number of benzene rings is 4. The van der Waals surface area contributed by atoms with Crippen LogP contribution in [0.5, 0.6) is 0 Å². The van der Waals surface area contributed by atoms with E-state index in [2.05, 4.69) is 110 Å². The molecule has 34 heavy (non-hydrogen) atoms. The van der Waals surface area contributed by atoms with E-state index in [9.17, 15) is 0 Å². The van der Waals surface area contributed by atoms with E-state index in [-0.39, 0.29) is 5.41 Å². The van der Waals surface area contributed by atoms with Crippen molar-refractivity contribution in [2.75, 3.05) is 5.32 Å². The molecule has 0 aromatic heterocycles. The molecule has 0 atom stereocenters. The van der Waals surface area contributed by atoms with Gasteiger partial charge in [-0.05, 0) is 76.4 Å². The number of rotatable bonds is 4. The Labute approximate surface area is 203 Å². The van der Waals surface area contributed by atoms with Crippen LogP contribution in [0.4, 0.5) is 11.4 Å². The molecule has 0 heterocycles. The van der Waals surface area contributed by atoms with Gasteiger partial charge >= 0.3 is 0 Å². The van der Waals surface area contributed by atoms with Crippen LogP contribution >= 0.6 is 0 Å². The molecule has 0 spiro atoms.